The highest BCUT2D eigenvalue weighted by Crippen LogP contribution is 2.43. The van der Waals surface area contributed by atoms with Gasteiger partial charge in [-0.15, -0.1) is 0 Å². The van der Waals surface area contributed by atoms with Crippen LogP contribution in [0.4, 0.5) is 4.79 Å². The van der Waals surface area contributed by atoms with E-state index >= 15 is 0 Å². The van der Waals surface area contributed by atoms with Crippen LogP contribution >= 0.6 is 0 Å². The van der Waals surface area contributed by atoms with Crippen LogP contribution in [0.3, 0.4) is 0 Å². The molecule has 1 aliphatic heterocycles. The van der Waals surface area contributed by atoms with Crippen molar-refractivity contribution in [2.75, 3.05) is 7.11 Å². The predicted octanol–water partition coefficient (Wildman–Crippen LogP) is 4.09. The molecule has 0 bridgehead atoms. The first-order chi connectivity index (χ1) is 14.2. The number of carboxylic acids is 1. The first-order valence-corrected chi connectivity index (χ1v) is 9.46. The zero-order valence-corrected chi connectivity index (χ0v) is 17.3. The Hall–Kier alpha value is -3.10. The van der Waals surface area contributed by atoms with Gasteiger partial charge in [-0.25, -0.2) is 9.59 Å². The van der Waals surface area contributed by atoms with Crippen molar-refractivity contribution in [2.24, 2.45) is 0 Å². The summed E-state index contributed by atoms with van der Waals surface area (Å²) in [5, 5.41) is 11.0. The first-order valence-electron chi connectivity index (χ1n) is 9.46. The minimum absolute atomic E-state index is 0.601. The largest absolute Gasteiger partial charge is 0.528 e. The predicted molar refractivity (Wildman–Crippen MR) is 107 cm³/mol. The minimum Gasteiger partial charge on any atom is -0.497 e. The third kappa shape index (κ3) is 4.90. The molecule has 0 aromatic heterocycles. The number of benzene rings is 2. The van der Waals surface area contributed by atoms with Gasteiger partial charge in [0.1, 0.15) is 17.4 Å². The fourth-order valence-electron chi connectivity index (χ4n) is 3.17. The second kappa shape index (κ2) is 8.73. The van der Waals surface area contributed by atoms with Crippen LogP contribution in [0.5, 0.6) is 5.75 Å². The maximum Gasteiger partial charge on any atom is 0.528 e. The standard InChI is InChI=1S/C22H25NO7/c1-22(2,3)29-21(26)30-23-17(14-8-6-5-7-9-14)18(20(24)25)28-19(23)15-10-12-16(27-4)13-11-15/h5-13,17-19H,1-4H3,(H,24,25)/t17-,18+,19+/m0/s1. The molecule has 3 atom stereocenters. The van der Waals surface area contributed by atoms with E-state index in [0.29, 0.717) is 16.9 Å². The van der Waals surface area contributed by atoms with Crippen molar-refractivity contribution in [1.82, 2.24) is 5.06 Å². The van der Waals surface area contributed by atoms with Crippen molar-refractivity contribution in [3.63, 3.8) is 0 Å². The van der Waals surface area contributed by atoms with E-state index in [-0.39, 0.29) is 0 Å². The van der Waals surface area contributed by atoms with E-state index < -0.39 is 36.1 Å². The molecule has 1 heterocycles. The molecule has 3 rings (SSSR count). The molecule has 0 aliphatic carbocycles. The van der Waals surface area contributed by atoms with Gasteiger partial charge in [-0.3, -0.25) is 0 Å². The van der Waals surface area contributed by atoms with Crippen LogP contribution in [-0.2, 0) is 19.1 Å². The Kier molecular flexibility index (Phi) is 6.28. The van der Waals surface area contributed by atoms with E-state index in [0.717, 1.165) is 0 Å². The van der Waals surface area contributed by atoms with E-state index in [1.165, 1.54) is 5.06 Å². The van der Waals surface area contributed by atoms with E-state index in [4.69, 9.17) is 19.0 Å². The van der Waals surface area contributed by atoms with Crippen LogP contribution < -0.4 is 4.74 Å². The Morgan fingerprint density at radius 1 is 1.00 bits per heavy atom. The van der Waals surface area contributed by atoms with E-state index in [2.05, 4.69) is 0 Å². The number of carbonyl (C=O) groups excluding carboxylic acids is 1. The van der Waals surface area contributed by atoms with Gasteiger partial charge in [-0.05, 0) is 44.0 Å². The Bertz CT molecular complexity index is 877. The summed E-state index contributed by atoms with van der Waals surface area (Å²) in [5.41, 5.74) is 0.454. The fourth-order valence-corrected chi connectivity index (χ4v) is 3.17. The highest BCUT2D eigenvalue weighted by molar-refractivity contribution is 5.74. The number of ether oxygens (including phenoxy) is 3. The molecule has 2 aromatic rings. The van der Waals surface area contributed by atoms with Crippen molar-refractivity contribution < 1.29 is 33.7 Å². The average molecular weight is 415 g/mol. The second-order valence-corrected chi connectivity index (χ2v) is 7.79. The van der Waals surface area contributed by atoms with Crippen molar-refractivity contribution in [1.29, 1.82) is 0 Å². The molecule has 1 fully saturated rings. The van der Waals surface area contributed by atoms with Gasteiger partial charge in [0.25, 0.3) is 0 Å². The van der Waals surface area contributed by atoms with Gasteiger partial charge in [-0.2, -0.15) is 0 Å². The third-order valence-electron chi connectivity index (χ3n) is 4.42. The molecule has 2 aromatic carbocycles. The molecule has 0 spiro atoms. The van der Waals surface area contributed by atoms with Gasteiger partial charge < -0.3 is 24.2 Å². The lowest BCUT2D eigenvalue weighted by Gasteiger charge is -2.28. The summed E-state index contributed by atoms with van der Waals surface area (Å²) in [4.78, 5) is 29.9. The molecule has 0 unspecified atom stereocenters. The summed E-state index contributed by atoms with van der Waals surface area (Å²) in [6.45, 7) is 5.14. The number of nitrogens with zero attached hydrogens (tertiary/aromatic N) is 1. The quantitative estimate of drug-likeness (QED) is 0.730. The Labute approximate surface area is 174 Å². The summed E-state index contributed by atoms with van der Waals surface area (Å²) in [6.07, 6.45) is -3.16. The molecule has 1 aliphatic rings. The van der Waals surface area contributed by atoms with E-state index in [9.17, 15) is 14.7 Å². The third-order valence-corrected chi connectivity index (χ3v) is 4.42. The number of hydrogen-bond donors (Lipinski definition) is 1. The zero-order valence-electron chi connectivity index (χ0n) is 17.3. The summed E-state index contributed by atoms with van der Waals surface area (Å²) < 4.78 is 16.3. The summed E-state index contributed by atoms with van der Waals surface area (Å²) in [6, 6.07) is 14.9. The Balaban J connectivity index is 2.00. The van der Waals surface area contributed by atoms with Gasteiger partial charge >= 0.3 is 12.1 Å². The first kappa shape index (κ1) is 21.6. The molecule has 8 heteroatoms. The summed E-state index contributed by atoms with van der Waals surface area (Å²) >= 11 is 0. The molecule has 0 radical (unpaired) electrons. The lowest BCUT2D eigenvalue weighted by Crippen LogP contribution is -2.36. The molecule has 1 N–H and O–H groups in total. The summed E-state index contributed by atoms with van der Waals surface area (Å²) in [5.74, 6) is -0.539. The topological polar surface area (TPSA) is 94.5 Å². The molecule has 30 heavy (non-hydrogen) atoms. The van der Waals surface area contributed by atoms with Gasteiger partial charge in [0, 0.05) is 0 Å². The van der Waals surface area contributed by atoms with Gasteiger partial charge in [-0.1, -0.05) is 47.5 Å². The van der Waals surface area contributed by atoms with Gasteiger partial charge in [0.05, 0.1) is 7.11 Å². The lowest BCUT2D eigenvalue weighted by molar-refractivity contribution is -0.201. The van der Waals surface area contributed by atoms with Crippen LogP contribution in [0, 0.1) is 0 Å². The monoisotopic (exact) mass is 415 g/mol. The van der Waals surface area contributed by atoms with Gasteiger partial charge in [0.2, 0.25) is 0 Å². The maximum atomic E-state index is 12.4. The molecule has 0 amide bonds. The van der Waals surface area contributed by atoms with Crippen LogP contribution in [0.1, 0.15) is 44.2 Å². The number of hydrogen-bond acceptors (Lipinski definition) is 7. The summed E-state index contributed by atoms with van der Waals surface area (Å²) in [7, 11) is 1.55. The van der Waals surface area contributed by atoms with Crippen molar-refractivity contribution >= 4 is 12.1 Å². The zero-order chi connectivity index (χ0) is 21.9. The molecule has 0 saturated carbocycles. The van der Waals surface area contributed by atoms with Crippen LogP contribution in [0.15, 0.2) is 54.6 Å². The molecule has 1 saturated heterocycles. The van der Waals surface area contributed by atoms with E-state index in [1.807, 2.05) is 6.07 Å². The van der Waals surface area contributed by atoms with E-state index in [1.54, 1.807) is 76.4 Å². The number of methoxy groups -OCH3 is 1. The Morgan fingerprint density at radius 3 is 2.17 bits per heavy atom. The highest BCUT2D eigenvalue weighted by Gasteiger charge is 2.50. The van der Waals surface area contributed by atoms with Crippen LogP contribution in [0.25, 0.3) is 0 Å². The Morgan fingerprint density at radius 2 is 1.63 bits per heavy atom. The molecular formula is C22H25NO7. The smallest absolute Gasteiger partial charge is 0.497 e. The van der Waals surface area contributed by atoms with Crippen LogP contribution in [-0.4, -0.2) is 41.1 Å². The highest BCUT2D eigenvalue weighted by atomic mass is 16.8. The van der Waals surface area contributed by atoms with Crippen molar-refractivity contribution in [2.45, 2.75) is 44.7 Å². The number of hydroxylamine groups is 2. The average Bonchev–Trinajstić information content (AvgIpc) is 3.06. The van der Waals surface area contributed by atoms with Crippen molar-refractivity contribution in [3.8, 4) is 5.75 Å². The minimum atomic E-state index is -1.26. The SMILES string of the molecule is COc1ccc([C@H]2O[C@@H](C(=O)O)[C@H](c3ccccc3)N2OC(=O)OC(C)(C)C)cc1. The maximum absolute atomic E-state index is 12.4. The second-order valence-electron chi connectivity index (χ2n) is 7.79. The van der Waals surface area contributed by atoms with Crippen molar-refractivity contribution in [3.05, 3.63) is 65.7 Å². The number of carboxylic acid groups (broad SMARTS) is 1. The fraction of sp³-hybridized carbons (Fsp3) is 0.364. The number of aliphatic carboxylic acids is 1. The number of rotatable bonds is 5. The van der Waals surface area contributed by atoms with Crippen LogP contribution in [0.2, 0.25) is 0 Å². The normalized spacial score (nSPS) is 21.8. The molecule has 160 valence electrons. The molecule has 8 nitrogen and oxygen atoms in total. The number of carbonyl (C=O) groups is 2. The lowest BCUT2D eigenvalue weighted by atomic mass is 10.0. The van der Waals surface area contributed by atoms with Gasteiger partial charge in [0.15, 0.2) is 12.3 Å². The molecular weight excluding hydrogens is 390 g/mol.